The standard InChI is InChI=1S/C20H24N2O5S/c23-20(24)19(22-12-4-5-13-22)14-21-28(25,26)18-10-8-17(9-11-18)27-15-16-6-2-1-3-7-16/h1-3,6-11,19,21H,4-5,12-15H2,(H,23,24)/t19-/m0/s1. The van der Waals surface area contributed by atoms with Gasteiger partial charge in [0.2, 0.25) is 10.0 Å². The van der Waals surface area contributed by atoms with Crippen LogP contribution in [0.3, 0.4) is 0 Å². The number of rotatable bonds is 9. The molecule has 1 aliphatic heterocycles. The highest BCUT2D eigenvalue weighted by atomic mass is 32.2. The molecule has 0 unspecified atom stereocenters. The highest BCUT2D eigenvalue weighted by Crippen LogP contribution is 2.18. The number of aliphatic carboxylic acids is 1. The van der Waals surface area contributed by atoms with Crippen LogP contribution >= 0.6 is 0 Å². The number of nitrogens with one attached hydrogen (secondary N) is 1. The Morgan fingerprint density at radius 3 is 2.32 bits per heavy atom. The van der Waals surface area contributed by atoms with E-state index in [1.807, 2.05) is 30.3 Å². The Bertz CT molecular complexity index is 879. The van der Waals surface area contributed by atoms with Gasteiger partial charge in [-0.3, -0.25) is 9.69 Å². The molecular weight excluding hydrogens is 380 g/mol. The summed E-state index contributed by atoms with van der Waals surface area (Å²) in [7, 11) is -3.80. The van der Waals surface area contributed by atoms with Gasteiger partial charge in [-0.15, -0.1) is 0 Å². The first-order chi connectivity index (χ1) is 13.5. The molecule has 0 amide bonds. The van der Waals surface area contributed by atoms with E-state index in [0.29, 0.717) is 25.4 Å². The molecule has 8 heteroatoms. The Kier molecular flexibility index (Phi) is 6.66. The summed E-state index contributed by atoms with van der Waals surface area (Å²) in [6.07, 6.45) is 1.86. The molecule has 0 bridgehead atoms. The average molecular weight is 404 g/mol. The Hall–Kier alpha value is -2.42. The van der Waals surface area contributed by atoms with Gasteiger partial charge in [-0.05, 0) is 55.8 Å². The zero-order valence-corrected chi connectivity index (χ0v) is 16.3. The molecule has 1 atom stereocenters. The van der Waals surface area contributed by atoms with Crippen molar-refractivity contribution in [1.29, 1.82) is 0 Å². The van der Waals surface area contributed by atoms with Crippen LogP contribution in [0.1, 0.15) is 18.4 Å². The Labute approximate surface area is 165 Å². The fourth-order valence-corrected chi connectivity index (χ4v) is 4.19. The summed E-state index contributed by atoms with van der Waals surface area (Å²) >= 11 is 0. The van der Waals surface area contributed by atoms with Gasteiger partial charge < -0.3 is 9.84 Å². The molecule has 2 aromatic carbocycles. The number of hydrogen-bond acceptors (Lipinski definition) is 5. The summed E-state index contributed by atoms with van der Waals surface area (Å²) in [5, 5.41) is 9.40. The van der Waals surface area contributed by atoms with Crippen molar-refractivity contribution < 1.29 is 23.1 Å². The van der Waals surface area contributed by atoms with Gasteiger partial charge in [0, 0.05) is 6.54 Å². The maximum atomic E-state index is 12.5. The SMILES string of the molecule is O=C(O)[C@H](CNS(=O)(=O)c1ccc(OCc2ccccc2)cc1)N1CCCC1. The molecule has 1 heterocycles. The molecule has 0 radical (unpaired) electrons. The number of carboxylic acids is 1. The fraction of sp³-hybridized carbons (Fsp3) is 0.350. The van der Waals surface area contributed by atoms with Crippen LogP contribution in [0.25, 0.3) is 0 Å². The minimum absolute atomic E-state index is 0.0742. The number of benzene rings is 2. The molecule has 2 aromatic rings. The van der Waals surface area contributed by atoms with E-state index in [9.17, 15) is 18.3 Å². The minimum Gasteiger partial charge on any atom is -0.489 e. The summed E-state index contributed by atoms with van der Waals surface area (Å²) in [6.45, 7) is 1.57. The third-order valence-corrected chi connectivity index (χ3v) is 6.16. The van der Waals surface area contributed by atoms with Gasteiger partial charge in [-0.2, -0.15) is 0 Å². The first-order valence-corrected chi connectivity index (χ1v) is 10.7. The van der Waals surface area contributed by atoms with Crippen LogP contribution in [0.5, 0.6) is 5.75 Å². The first kappa shape index (κ1) is 20.3. The first-order valence-electron chi connectivity index (χ1n) is 9.19. The lowest BCUT2D eigenvalue weighted by atomic mass is 10.2. The molecule has 7 nitrogen and oxygen atoms in total. The lowest BCUT2D eigenvalue weighted by Gasteiger charge is -2.23. The molecule has 150 valence electrons. The molecule has 3 rings (SSSR count). The molecule has 2 N–H and O–H groups in total. The molecule has 1 fully saturated rings. The normalized spacial score (nSPS) is 16.0. The van der Waals surface area contributed by atoms with Crippen LogP contribution < -0.4 is 9.46 Å². The van der Waals surface area contributed by atoms with E-state index < -0.39 is 22.0 Å². The molecular formula is C20H24N2O5S. The zero-order valence-electron chi connectivity index (χ0n) is 15.5. The number of likely N-dealkylation sites (tertiary alicyclic amines) is 1. The van der Waals surface area contributed by atoms with E-state index in [-0.39, 0.29) is 11.4 Å². The Morgan fingerprint density at radius 1 is 1.07 bits per heavy atom. The van der Waals surface area contributed by atoms with Gasteiger partial charge in [0.1, 0.15) is 18.4 Å². The van der Waals surface area contributed by atoms with Crippen molar-refractivity contribution in [2.24, 2.45) is 0 Å². The summed E-state index contributed by atoms with van der Waals surface area (Å²) in [6, 6.07) is 14.9. The monoisotopic (exact) mass is 404 g/mol. The molecule has 28 heavy (non-hydrogen) atoms. The summed E-state index contributed by atoms with van der Waals surface area (Å²) in [5.74, 6) is -0.461. The van der Waals surface area contributed by atoms with Gasteiger partial charge in [0.15, 0.2) is 0 Å². The van der Waals surface area contributed by atoms with E-state index in [4.69, 9.17) is 4.74 Å². The van der Waals surface area contributed by atoms with E-state index in [2.05, 4.69) is 4.72 Å². The van der Waals surface area contributed by atoms with Gasteiger partial charge in [0.05, 0.1) is 4.90 Å². The van der Waals surface area contributed by atoms with Crippen LogP contribution in [0.2, 0.25) is 0 Å². The van der Waals surface area contributed by atoms with Crippen molar-refractivity contribution in [3.63, 3.8) is 0 Å². The average Bonchev–Trinajstić information content (AvgIpc) is 3.22. The number of hydrogen-bond donors (Lipinski definition) is 2. The van der Waals surface area contributed by atoms with Crippen LogP contribution in [-0.4, -0.2) is 50.1 Å². The van der Waals surface area contributed by atoms with Gasteiger partial charge >= 0.3 is 5.97 Å². The minimum atomic E-state index is -3.80. The van der Waals surface area contributed by atoms with Crippen molar-refractivity contribution in [3.05, 3.63) is 60.2 Å². The fourth-order valence-electron chi connectivity index (χ4n) is 3.15. The van der Waals surface area contributed by atoms with Crippen LogP contribution in [0.15, 0.2) is 59.5 Å². The maximum Gasteiger partial charge on any atom is 0.322 e. The highest BCUT2D eigenvalue weighted by molar-refractivity contribution is 7.89. The predicted molar refractivity (Wildman–Crippen MR) is 105 cm³/mol. The highest BCUT2D eigenvalue weighted by Gasteiger charge is 2.29. The van der Waals surface area contributed by atoms with Crippen molar-refractivity contribution in [2.75, 3.05) is 19.6 Å². The quantitative estimate of drug-likeness (QED) is 0.664. The van der Waals surface area contributed by atoms with E-state index >= 15 is 0 Å². The van der Waals surface area contributed by atoms with Crippen molar-refractivity contribution in [1.82, 2.24) is 9.62 Å². The van der Waals surface area contributed by atoms with Crippen molar-refractivity contribution in [3.8, 4) is 5.75 Å². The molecule has 1 saturated heterocycles. The van der Waals surface area contributed by atoms with Crippen LogP contribution in [0, 0.1) is 0 Å². The maximum absolute atomic E-state index is 12.5. The molecule has 0 saturated carbocycles. The van der Waals surface area contributed by atoms with Crippen LogP contribution in [0.4, 0.5) is 0 Å². The zero-order chi connectivity index (χ0) is 20.0. The number of nitrogens with zero attached hydrogens (tertiary/aromatic N) is 1. The van der Waals surface area contributed by atoms with E-state index in [0.717, 1.165) is 18.4 Å². The predicted octanol–water partition coefficient (Wildman–Crippen LogP) is 2.09. The molecule has 0 spiro atoms. The van der Waals surface area contributed by atoms with Crippen LogP contribution in [-0.2, 0) is 21.4 Å². The van der Waals surface area contributed by atoms with Crippen molar-refractivity contribution in [2.45, 2.75) is 30.4 Å². The van der Waals surface area contributed by atoms with E-state index in [1.54, 1.807) is 17.0 Å². The number of carboxylic acid groups (broad SMARTS) is 1. The van der Waals surface area contributed by atoms with Gasteiger partial charge in [-0.1, -0.05) is 30.3 Å². The van der Waals surface area contributed by atoms with Crippen molar-refractivity contribution >= 4 is 16.0 Å². The second-order valence-corrected chi connectivity index (χ2v) is 8.46. The number of sulfonamides is 1. The van der Waals surface area contributed by atoms with Gasteiger partial charge in [-0.25, -0.2) is 13.1 Å². The third kappa shape index (κ3) is 5.31. The van der Waals surface area contributed by atoms with Gasteiger partial charge in [0.25, 0.3) is 0 Å². The number of carbonyl (C=O) groups is 1. The largest absolute Gasteiger partial charge is 0.489 e. The number of ether oxygens (including phenoxy) is 1. The lowest BCUT2D eigenvalue weighted by molar-refractivity contribution is -0.142. The summed E-state index contributed by atoms with van der Waals surface area (Å²) in [5.41, 5.74) is 1.02. The summed E-state index contributed by atoms with van der Waals surface area (Å²) < 4.78 is 33.1. The molecule has 0 aromatic heterocycles. The second-order valence-electron chi connectivity index (χ2n) is 6.69. The third-order valence-electron chi connectivity index (χ3n) is 4.72. The van der Waals surface area contributed by atoms with E-state index in [1.165, 1.54) is 12.1 Å². The molecule has 1 aliphatic rings. The topological polar surface area (TPSA) is 95.9 Å². The second kappa shape index (κ2) is 9.18. The lowest BCUT2D eigenvalue weighted by Crippen LogP contribution is -2.47. The Morgan fingerprint density at radius 2 is 1.71 bits per heavy atom. The smallest absolute Gasteiger partial charge is 0.322 e. The Balaban J connectivity index is 1.59. The molecule has 0 aliphatic carbocycles. The summed E-state index contributed by atoms with van der Waals surface area (Å²) in [4.78, 5) is 13.4.